The second-order valence-corrected chi connectivity index (χ2v) is 6.37. The van der Waals surface area contributed by atoms with E-state index in [4.69, 9.17) is 0 Å². The number of benzene rings is 1. The first-order chi connectivity index (χ1) is 12.8. The SMILES string of the molecule is N#C/C(=C\c1cn[nH]c1-c1ccccc1)c1nc(-c2ccncc2)cs1. The molecule has 0 bridgehead atoms. The van der Waals surface area contributed by atoms with Crippen molar-refractivity contribution in [2.45, 2.75) is 0 Å². The normalized spacial score (nSPS) is 11.3. The number of rotatable bonds is 4. The lowest BCUT2D eigenvalue weighted by Crippen LogP contribution is -1.84. The highest BCUT2D eigenvalue weighted by atomic mass is 32.1. The monoisotopic (exact) mass is 355 g/mol. The first-order valence-electron chi connectivity index (χ1n) is 7.92. The van der Waals surface area contributed by atoms with E-state index < -0.39 is 0 Å². The zero-order chi connectivity index (χ0) is 17.8. The Hall–Kier alpha value is -3.56. The zero-order valence-corrected chi connectivity index (χ0v) is 14.4. The summed E-state index contributed by atoms with van der Waals surface area (Å²) in [7, 11) is 0. The number of H-pyrrole nitrogens is 1. The molecule has 0 atom stereocenters. The molecule has 0 aliphatic heterocycles. The lowest BCUT2D eigenvalue weighted by molar-refractivity contribution is 1.10. The summed E-state index contributed by atoms with van der Waals surface area (Å²) in [5.74, 6) is 0. The highest BCUT2D eigenvalue weighted by molar-refractivity contribution is 7.11. The standard InChI is InChI=1S/C20H13N5S/c21-11-16(20-24-18(13-26-20)14-6-8-22-9-7-14)10-17-12-23-25-19(17)15-4-2-1-3-5-15/h1-10,12-13H,(H,23,25)/b16-10+. The van der Waals surface area contributed by atoms with Gasteiger partial charge in [0.2, 0.25) is 0 Å². The lowest BCUT2D eigenvalue weighted by atomic mass is 10.1. The number of hydrogen-bond acceptors (Lipinski definition) is 5. The van der Waals surface area contributed by atoms with Gasteiger partial charge in [0.15, 0.2) is 0 Å². The summed E-state index contributed by atoms with van der Waals surface area (Å²) in [6, 6.07) is 16.0. The number of allylic oxidation sites excluding steroid dienone is 1. The van der Waals surface area contributed by atoms with Crippen LogP contribution in [-0.4, -0.2) is 20.2 Å². The van der Waals surface area contributed by atoms with Crippen LogP contribution in [-0.2, 0) is 0 Å². The Morgan fingerprint density at radius 3 is 2.65 bits per heavy atom. The highest BCUT2D eigenvalue weighted by Gasteiger charge is 2.12. The fourth-order valence-corrected chi connectivity index (χ4v) is 3.39. The number of thiazole rings is 1. The molecule has 0 aliphatic carbocycles. The molecule has 0 radical (unpaired) electrons. The Morgan fingerprint density at radius 1 is 1.08 bits per heavy atom. The van der Waals surface area contributed by atoms with Crippen LogP contribution in [0, 0.1) is 11.3 Å². The average Bonchev–Trinajstić information content (AvgIpc) is 3.37. The van der Waals surface area contributed by atoms with Gasteiger partial charge in [0.25, 0.3) is 0 Å². The number of aromatic nitrogens is 4. The van der Waals surface area contributed by atoms with Gasteiger partial charge in [-0.15, -0.1) is 11.3 Å². The maximum atomic E-state index is 9.63. The van der Waals surface area contributed by atoms with E-state index in [0.29, 0.717) is 10.6 Å². The molecule has 124 valence electrons. The molecule has 5 nitrogen and oxygen atoms in total. The summed E-state index contributed by atoms with van der Waals surface area (Å²) in [5.41, 5.74) is 5.08. The van der Waals surface area contributed by atoms with E-state index in [1.54, 1.807) is 18.6 Å². The van der Waals surface area contributed by atoms with E-state index in [1.807, 2.05) is 53.9 Å². The summed E-state index contributed by atoms with van der Waals surface area (Å²) >= 11 is 1.45. The number of nitriles is 1. The van der Waals surface area contributed by atoms with Gasteiger partial charge in [0.05, 0.1) is 23.2 Å². The second-order valence-electron chi connectivity index (χ2n) is 5.51. The summed E-state index contributed by atoms with van der Waals surface area (Å²) in [6.45, 7) is 0. The molecular weight excluding hydrogens is 342 g/mol. The van der Waals surface area contributed by atoms with E-state index in [-0.39, 0.29) is 0 Å². The van der Waals surface area contributed by atoms with Crippen LogP contribution in [0.3, 0.4) is 0 Å². The first kappa shape index (κ1) is 15.9. The Labute approximate surface area is 154 Å². The molecule has 0 amide bonds. The van der Waals surface area contributed by atoms with E-state index >= 15 is 0 Å². The van der Waals surface area contributed by atoms with Crippen molar-refractivity contribution in [1.82, 2.24) is 20.2 Å². The quantitative estimate of drug-likeness (QED) is 0.540. The third kappa shape index (κ3) is 3.16. The molecule has 0 saturated heterocycles. The molecule has 26 heavy (non-hydrogen) atoms. The second kappa shape index (κ2) is 7.13. The van der Waals surface area contributed by atoms with Crippen LogP contribution in [0.4, 0.5) is 0 Å². The minimum Gasteiger partial charge on any atom is -0.277 e. The summed E-state index contributed by atoms with van der Waals surface area (Å²) in [5, 5.41) is 19.4. The molecular formula is C20H13N5S. The largest absolute Gasteiger partial charge is 0.277 e. The van der Waals surface area contributed by atoms with Gasteiger partial charge < -0.3 is 0 Å². The number of hydrogen-bond donors (Lipinski definition) is 1. The smallest absolute Gasteiger partial charge is 0.134 e. The maximum Gasteiger partial charge on any atom is 0.134 e. The van der Waals surface area contributed by atoms with Crippen LogP contribution in [0.5, 0.6) is 0 Å². The van der Waals surface area contributed by atoms with E-state index in [1.165, 1.54) is 11.3 Å². The van der Waals surface area contributed by atoms with E-state index in [0.717, 1.165) is 28.1 Å². The summed E-state index contributed by atoms with van der Waals surface area (Å²) in [6.07, 6.45) is 7.00. The molecule has 6 heteroatoms. The van der Waals surface area contributed by atoms with Crippen molar-refractivity contribution in [2.75, 3.05) is 0 Å². The van der Waals surface area contributed by atoms with Gasteiger partial charge >= 0.3 is 0 Å². The van der Waals surface area contributed by atoms with Gasteiger partial charge in [-0.2, -0.15) is 10.4 Å². The number of pyridine rings is 1. The molecule has 0 fully saturated rings. The Balaban J connectivity index is 1.71. The van der Waals surface area contributed by atoms with Crippen molar-refractivity contribution in [3.8, 4) is 28.6 Å². The fourth-order valence-electron chi connectivity index (χ4n) is 2.59. The minimum atomic E-state index is 0.508. The summed E-state index contributed by atoms with van der Waals surface area (Å²) < 4.78 is 0. The molecule has 0 spiro atoms. The van der Waals surface area contributed by atoms with Crippen LogP contribution >= 0.6 is 11.3 Å². The van der Waals surface area contributed by atoms with Gasteiger partial charge in [-0.25, -0.2) is 4.98 Å². The predicted molar refractivity (Wildman–Crippen MR) is 103 cm³/mol. The average molecular weight is 355 g/mol. The predicted octanol–water partition coefficient (Wildman–Crippen LogP) is 4.66. The third-order valence-electron chi connectivity index (χ3n) is 3.86. The Bertz CT molecular complexity index is 1090. The van der Waals surface area contributed by atoms with Crippen LogP contribution in [0.25, 0.3) is 34.2 Å². The van der Waals surface area contributed by atoms with Crippen molar-refractivity contribution in [2.24, 2.45) is 0 Å². The molecule has 4 rings (SSSR count). The van der Waals surface area contributed by atoms with Crippen LogP contribution in [0.15, 0.2) is 66.4 Å². The van der Waals surface area contributed by atoms with Crippen molar-refractivity contribution < 1.29 is 0 Å². The summed E-state index contributed by atoms with van der Waals surface area (Å²) in [4.78, 5) is 8.62. The third-order valence-corrected chi connectivity index (χ3v) is 4.74. The molecule has 0 unspecified atom stereocenters. The molecule has 0 saturated carbocycles. The number of nitrogens with zero attached hydrogens (tertiary/aromatic N) is 4. The van der Waals surface area contributed by atoms with E-state index in [9.17, 15) is 5.26 Å². The van der Waals surface area contributed by atoms with Gasteiger partial charge in [0, 0.05) is 34.5 Å². The zero-order valence-electron chi connectivity index (χ0n) is 13.6. The minimum absolute atomic E-state index is 0.508. The molecule has 3 heterocycles. The van der Waals surface area contributed by atoms with Gasteiger partial charge in [-0.3, -0.25) is 10.1 Å². The Morgan fingerprint density at radius 2 is 1.88 bits per heavy atom. The highest BCUT2D eigenvalue weighted by Crippen LogP contribution is 2.29. The molecule has 1 N–H and O–H groups in total. The van der Waals surface area contributed by atoms with Crippen LogP contribution in [0.1, 0.15) is 10.6 Å². The first-order valence-corrected chi connectivity index (χ1v) is 8.80. The van der Waals surface area contributed by atoms with Crippen LogP contribution < -0.4 is 0 Å². The van der Waals surface area contributed by atoms with Gasteiger partial charge in [-0.05, 0) is 18.2 Å². The lowest BCUT2D eigenvalue weighted by Gasteiger charge is -2.00. The van der Waals surface area contributed by atoms with Crippen molar-refractivity contribution in [3.05, 3.63) is 77.0 Å². The van der Waals surface area contributed by atoms with E-state index in [2.05, 4.69) is 26.2 Å². The molecule has 4 aromatic rings. The maximum absolute atomic E-state index is 9.63. The van der Waals surface area contributed by atoms with Crippen molar-refractivity contribution in [1.29, 1.82) is 5.26 Å². The molecule has 3 aromatic heterocycles. The molecule has 1 aromatic carbocycles. The Kier molecular flexibility index (Phi) is 4.37. The van der Waals surface area contributed by atoms with Gasteiger partial charge in [0.1, 0.15) is 11.1 Å². The van der Waals surface area contributed by atoms with Crippen molar-refractivity contribution >= 4 is 23.0 Å². The fraction of sp³-hybridized carbons (Fsp3) is 0. The van der Waals surface area contributed by atoms with Gasteiger partial charge in [-0.1, -0.05) is 30.3 Å². The van der Waals surface area contributed by atoms with Crippen molar-refractivity contribution in [3.63, 3.8) is 0 Å². The number of nitrogens with one attached hydrogen (secondary N) is 1. The number of aromatic amines is 1. The topological polar surface area (TPSA) is 78.2 Å². The van der Waals surface area contributed by atoms with Crippen LogP contribution in [0.2, 0.25) is 0 Å². The molecule has 0 aliphatic rings.